The number of hydrogen-bond acceptors (Lipinski definition) is 4. The Labute approximate surface area is 174 Å². The maximum Gasteiger partial charge on any atom is 0.217 e. The number of carbonyl (C=O) groups is 1. The minimum atomic E-state index is -0.188. The summed E-state index contributed by atoms with van der Waals surface area (Å²) in [5.74, 6) is 2.77. The van der Waals surface area contributed by atoms with Crippen LogP contribution < -0.4 is 14.8 Å². The largest absolute Gasteiger partial charge is 0.492 e. The van der Waals surface area contributed by atoms with Gasteiger partial charge in [-0.05, 0) is 67.6 Å². The number of carbonyl (C=O) groups excluding carboxylic acids is 1. The molecule has 1 N–H and O–H groups in total. The van der Waals surface area contributed by atoms with E-state index in [4.69, 9.17) is 25.5 Å². The average molecular weight is 414 g/mol. The Morgan fingerprint density at radius 1 is 1.21 bits per heavy atom. The third-order valence-electron chi connectivity index (χ3n) is 4.93. The van der Waals surface area contributed by atoms with E-state index in [0.717, 1.165) is 34.6 Å². The number of fused-ring (bicyclic) bond motifs is 1. The molecule has 1 aliphatic carbocycles. The van der Waals surface area contributed by atoms with Gasteiger partial charge in [0, 0.05) is 12.3 Å². The lowest BCUT2D eigenvalue weighted by Crippen LogP contribution is -2.23. The Balaban J connectivity index is 1.39. The highest BCUT2D eigenvalue weighted by Gasteiger charge is 2.22. The number of furan rings is 1. The van der Waals surface area contributed by atoms with Crippen LogP contribution in [0.3, 0.4) is 0 Å². The quantitative estimate of drug-likeness (QED) is 0.518. The summed E-state index contributed by atoms with van der Waals surface area (Å²) in [4.78, 5) is 11.2. The average Bonchev–Trinajstić information content (AvgIpc) is 3.41. The van der Waals surface area contributed by atoms with Gasteiger partial charge in [0.05, 0.1) is 17.7 Å². The molecule has 5 nitrogen and oxygen atoms in total. The van der Waals surface area contributed by atoms with E-state index in [1.165, 1.54) is 19.8 Å². The molecule has 6 heteroatoms. The molecule has 0 bridgehead atoms. The zero-order valence-corrected chi connectivity index (χ0v) is 17.3. The van der Waals surface area contributed by atoms with Crippen molar-refractivity contribution in [2.45, 2.75) is 39.3 Å². The Kier molecular flexibility index (Phi) is 5.67. The normalized spacial score (nSPS) is 14.6. The molecular formula is C23H24ClNO4. The topological polar surface area (TPSA) is 60.7 Å². The first kappa shape index (κ1) is 19.6. The molecule has 1 fully saturated rings. The van der Waals surface area contributed by atoms with Gasteiger partial charge in [-0.25, -0.2) is 0 Å². The number of benzene rings is 2. The lowest BCUT2D eigenvalue weighted by atomic mass is 10.2. The highest BCUT2D eigenvalue weighted by molar-refractivity contribution is 6.32. The van der Waals surface area contributed by atoms with Crippen molar-refractivity contribution in [3.05, 3.63) is 58.8 Å². The van der Waals surface area contributed by atoms with Gasteiger partial charge in [-0.2, -0.15) is 0 Å². The van der Waals surface area contributed by atoms with E-state index in [9.17, 15) is 4.79 Å². The van der Waals surface area contributed by atoms with Crippen LogP contribution in [0, 0.1) is 5.92 Å². The van der Waals surface area contributed by atoms with Gasteiger partial charge < -0.3 is 19.2 Å². The summed E-state index contributed by atoms with van der Waals surface area (Å²) in [5, 5.41) is 4.36. The van der Waals surface area contributed by atoms with Crippen LogP contribution in [0.1, 0.15) is 44.1 Å². The monoisotopic (exact) mass is 413 g/mol. The SMILES string of the molecule is CC(=O)NC(C)c1cc2cc(OCc3ccc(OCC4CC4)c(Cl)c3)ccc2o1. The predicted molar refractivity (Wildman–Crippen MR) is 112 cm³/mol. The lowest BCUT2D eigenvalue weighted by Gasteiger charge is -2.10. The maximum absolute atomic E-state index is 11.2. The van der Waals surface area contributed by atoms with Crippen molar-refractivity contribution in [2.75, 3.05) is 6.61 Å². The van der Waals surface area contributed by atoms with Crippen molar-refractivity contribution in [2.24, 2.45) is 5.92 Å². The Bertz CT molecular complexity index is 1020. The molecule has 1 heterocycles. The number of nitrogens with one attached hydrogen (secondary N) is 1. The molecule has 152 valence electrons. The predicted octanol–water partition coefficient (Wildman–Crippen LogP) is 5.65. The Morgan fingerprint density at radius 2 is 2.03 bits per heavy atom. The summed E-state index contributed by atoms with van der Waals surface area (Å²) in [6.07, 6.45) is 2.50. The van der Waals surface area contributed by atoms with Gasteiger partial charge in [-0.15, -0.1) is 0 Å². The number of ether oxygens (including phenoxy) is 2. The van der Waals surface area contributed by atoms with Gasteiger partial charge >= 0.3 is 0 Å². The van der Waals surface area contributed by atoms with Crippen LogP contribution in [-0.4, -0.2) is 12.5 Å². The van der Waals surface area contributed by atoms with Gasteiger partial charge in [0.15, 0.2) is 0 Å². The van der Waals surface area contributed by atoms with E-state index in [1.807, 2.05) is 49.4 Å². The summed E-state index contributed by atoms with van der Waals surface area (Å²) in [7, 11) is 0. The maximum atomic E-state index is 11.2. The standard InChI is InChI=1S/C23H24ClNO4/c1-14(25-15(2)26)23-11-18-10-19(6-8-21(18)29-23)27-13-17-5-7-22(20(24)9-17)28-12-16-3-4-16/h5-11,14,16H,3-4,12-13H2,1-2H3,(H,25,26). The Morgan fingerprint density at radius 3 is 2.76 bits per heavy atom. The van der Waals surface area contributed by atoms with E-state index in [2.05, 4.69) is 5.32 Å². The first-order chi connectivity index (χ1) is 14.0. The zero-order valence-electron chi connectivity index (χ0n) is 16.5. The molecule has 0 spiro atoms. The summed E-state index contributed by atoms with van der Waals surface area (Å²) in [5.41, 5.74) is 1.73. The molecule has 4 rings (SSSR count). The van der Waals surface area contributed by atoms with Crippen LogP contribution in [0.15, 0.2) is 46.9 Å². The minimum absolute atomic E-state index is 0.0930. The fourth-order valence-electron chi connectivity index (χ4n) is 3.13. The highest BCUT2D eigenvalue weighted by Crippen LogP contribution is 2.32. The number of hydrogen-bond donors (Lipinski definition) is 1. The van der Waals surface area contributed by atoms with Crippen molar-refractivity contribution in [3.8, 4) is 11.5 Å². The molecule has 1 saturated carbocycles. The third-order valence-corrected chi connectivity index (χ3v) is 5.22. The van der Waals surface area contributed by atoms with E-state index < -0.39 is 0 Å². The van der Waals surface area contributed by atoms with E-state index in [0.29, 0.717) is 23.3 Å². The van der Waals surface area contributed by atoms with Gasteiger partial charge in [0.25, 0.3) is 0 Å². The second-order valence-corrected chi connectivity index (χ2v) is 7.99. The van der Waals surface area contributed by atoms with E-state index >= 15 is 0 Å². The van der Waals surface area contributed by atoms with Crippen molar-refractivity contribution in [3.63, 3.8) is 0 Å². The zero-order chi connectivity index (χ0) is 20.4. The van der Waals surface area contributed by atoms with E-state index in [1.54, 1.807) is 0 Å². The number of rotatable bonds is 8. The molecule has 3 aromatic rings. The molecule has 1 aromatic heterocycles. The van der Waals surface area contributed by atoms with Crippen LogP contribution >= 0.6 is 11.6 Å². The van der Waals surface area contributed by atoms with Crippen molar-refractivity contribution in [1.82, 2.24) is 5.32 Å². The van der Waals surface area contributed by atoms with Crippen molar-refractivity contribution in [1.29, 1.82) is 0 Å². The van der Waals surface area contributed by atoms with Crippen LogP contribution in [0.25, 0.3) is 11.0 Å². The highest BCUT2D eigenvalue weighted by atomic mass is 35.5. The van der Waals surface area contributed by atoms with Crippen molar-refractivity contribution >= 4 is 28.5 Å². The van der Waals surface area contributed by atoms with E-state index in [-0.39, 0.29) is 11.9 Å². The summed E-state index contributed by atoms with van der Waals surface area (Å²) < 4.78 is 17.5. The fourth-order valence-corrected chi connectivity index (χ4v) is 3.39. The van der Waals surface area contributed by atoms with Crippen LogP contribution in [0.5, 0.6) is 11.5 Å². The van der Waals surface area contributed by atoms with Crippen LogP contribution in [0.4, 0.5) is 0 Å². The second kappa shape index (κ2) is 8.37. The molecule has 1 aliphatic rings. The fraction of sp³-hybridized carbons (Fsp3) is 0.348. The summed E-state index contributed by atoms with van der Waals surface area (Å²) in [6.45, 7) is 4.52. The third kappa shape index (κ3) is 5.04. The Hall–Kier alpha value is -2.66. The molecular weight excluding hydrogens is 390 g/mol. The minimum Gasteiger partial charge on any atom is -0.492 e. The lowest BCUT2D eigenvalue weighted by molar-refractivity contribution is -0.119. The molecule has 29 heavy (non-hydrogen) atoms. The first-order valence-electron chi connectivity index (χ1n) is 9.82. The first-order valence-corrected chi connectivity index (χ1v) is 10.2. The smallest absolute Gasteiger partial charge is 0.217 e. The summed E-state index contributed by atoms with van der Waals surface area (Å²) in [6, 6.07) is 13.2. The van der Waals surface area contributed by atoms with Gasteiger partial charge in [-0.1, -0.05) is 17.7 Å². The molecule has 1 amide bonds. The van der Waals surface area contributed by atoms with Crippen LogP contribution in [-0.2, 0) is 11.4 Å². The molecule has 0 saturated heterocycles. The molecule has 2 aromatic carbocycles. The summed E-state index contributed by atoms with van der Waals surface area (Å²) >= 11 is 6.34. The van der Waals surface area contributed by atoms with Crippen LogP contribution in [0.2, 0.25) is 5.02 Å². The van der Waals surface area contributed by atoms with Gasteiger partial charge in [0.2, 0.25) is 5.91 Å². The molecule has 1 atom stereocenters. The molecule has 0 radical (unpaired) electrons. The molecule has 1 unspecified atom stereocenters. The van der Waals surface area contributed by atoms with Gasteiger partial charge in [-0.3, -0.25) is 4.79 Å². The molecule has 0 aliphatic heterocycles. The number of halogens is 1. The van der Waals surface area contributed by atoms with Crippen molar-refractivity contribution < 1.29 is 18.7 Å². The number of amides is 1. The van der Waals surface area contributed by atoms with Gasteiger partial charge in [0.1, 0.15) is 29.4 Å². The second-order valence-electron chi connectivity index (χ2n) is 7.58.